The maximum absolute atomic E-state index is 11.6. The normalized spacial score (nSPS) is 44.5. The van der Waals surface area contributed by atoms with Crippen molar-refractivity contribution in [2.75, 3.05) is 0 Å². The van der Waals surface area contributed by atoms with Crippen molar-refractivity contribution in [2.24, 2.45) is 11.8 Å². The van der Waals surface area contributed by atoms with Crippen molar-refractivity contribution >= 4 is 5.78 Å². The van der Waals surface area contributed by atoms with Crippen molar-refractivity contribution in [2.45, 2.75) is 51.7 Å². The molecule has 0 radical (unpaired) electrons. The van der Waals surface area contributed by atoms with Crippen LogP contribution in [0.1, 0.15) is 40.0 Å². The molecule has 3 atom stereocenters. The molecule has 0 aromatic heterocycles. The van der Waals surface area contributed by atoms with Gasteiger partial charge in [-0.15, -0.1) is 0 Å². The lowest BCUT2D eigenvalue weighted by Crippen LogP contribution is -2.21. The largest absolute Gasteiger partial charge is 0.358 e. The van der Waals surface area contributed by atoms with Gasteiger partial charge in [-0.05, 0) is 31.6 Å². The van der Waals surface area contributed by atoms with Gasteiger partial charge in [0.1, 0.15) is 5.60 Å². The first-order chi connectivity index (χ1) is 6.04. The fourth-order valence-corrected chi connectivity index (χ4v) is 2.34. The van der Waals surface area contributed by atoms with E-state index in [-0.39, 0.29) is 11.7 Å². The minimum atomic E-state index is -0.385. The molecule has 1 saturated heterocycles. The number of fused-ring (bicyclic) bond motifs is 1. The molecule has 0 unspecified atom stereocenters. The van der Waals surface area contributed by atoms with Gasteiger partial charge in [0.15, 0.2) is 5.78 Å². The van der Waals surface area contributed by atoms with E-state index >= 15 is 0 Å². The zero-order chi connectivity index (χ0) is 9.64. The third kappa shape index (κ3) is 1.41. The molecule has 1 aliphatic heterocycles. The molecular weight excluding hydrogens is 164 g/mol. The van der Waals surface area contributed by atoms with Crippen LogP contribution in [0.15, 0.2) is 0 Å². The quantitative estimate of drug-likeness (QED) is 0.582. The topological polar surface area (TPSA) is 29.6 Å². The van der Waals surface area contributed by atoms with Gasteiger partial charge in [0.05, 0.1) is 6.10 Å². The molecule has 13 heavy (non-hydrogen) atoms. The van der Waals surface area contributed by atoms with E-state index in [0.29, 0.717) is 17.6 Å². The molecule has 1 aliphatic carbocycles. The van der Waals surface area contributed by atoms with Gasteiger partial charge in [0.2, 0.25) is 0 Å². The minimum Gasteiger partial charge on any atom is -0.358 e. The van der Waals surface area contributed by atoms with E-state index in [1.165, 1.54) is 0 Å². The van der Waals surface area contributed by atoms with Crippen LogP contribution in [0.3, 0.4) is 0 Å². The molecule has 0 amide bonds. The summed E-state index contributed by atoms with van der Waals surface area (Å²) in [6, 6.07) is 0. The lowest BCUT2D eigenvalue weighted by atomic mass is 9.88. The number of carbonyl (C=O) groups is 1. The SMILES string of the molecule is CC(C)[C@H]1CCC(=O)[C@]2(C)O[C@@H]2C1. The van der Waals surface area contributed by atoms with Gasteiger partial charge in [0.25, 0.3) is 0 Å². The number of rotatable bonds is 1. The van der Waals surface area contributed by atoms with Gasteiger partial charge in [-0.3, -0.25) is 4.79 Å². The molecule has 0 aromatic carbocycles. The van der Waals surface area contributed by atoms with E-state index in [2.05, 4.69) is 13.8 Å². The first-order valence-electron chi connectivity index (χ1n) is 5.25. The third-order valence-electron chi connectivity index (χ3n) is 3.70. The van der Waals surface area contributed by atoms with E-state index in [4.69, 9.17) is 4.74 Å². The smallest absolute Gasteiger partial charge is 0.167 e. The Labute approximate surface area is 79.7 Å². The Kier molecular flexibility index (Phi) is 1.99. The van der Waals surface area contributed by atoms with Crippen molar-refractivity contribution in [3.63, 3.8) is 0 Å². The standard InChI is InChI=1S/C11H18O2/c1-7(2)8-4-5-9(12)11(3)10(6-8)13-11/h7-8,10H,4-6H2,1-3H3/t8-,10+,11-/m0/s1. The van der Waals surface area contributed by atoms with Crippen molar-refractivity contribution < 1.29 is 9.53 Å². The number of hydrogen-bond acceptors (Lipinski definition) is 2. The molecular formula is C11H18O2. The van der Waals surface area contributed by atoms with Crippen molar-refractivity contribution in [3.8, 4) is 0 Å². The third-order valence-corrected chi connectivity index (χ3v) is 3.70. The molecule has 2 aliphatic rings. The Morgan fingerprint density at radius 3 is 2.85 bits per heavy atom. The number of hydrogen-bond donors (Lipinski definition) is 0. The number of epoxide rings is 1. The van der Waals surface area contributed by atoms with E-state index < -0.39 is 0 Å². The van der Waals surface area contributed by atoms with Crippen LogP contribution in [0.4, 0.5) is 0 Å². The highest BCUT2D eigenvalue weighted by atomic mass is 16.6. The molecule has 1 heterocycles. The van der Waals surface area contributed by atoms with Crippen LogP contribution in [0.25, 0.3) is 0 Å². The van der Waals surface area contributed by atoms with Gasteiger partial charge in [0, 0.05) is 6.42 Å². The Morgan fingerprint density at radius 1 is 1.54 bits per heavy atom. The second kappa shape index (κ2) is 2.81. The molecule has 0 spiro atoms. The number of carbonyl (C=O) groups excluding carboxylic acids is 1. The fraction of sp³-hybridized carbons (Fsp3) is 0.909. The highest BCUT2D eigenvalue weighted by Crippen LogP contribution is 2.46. The fourth-order valence-electron chi connectivity index (χ4n) is 2.34. The summed E-state index contributed by atoms with van der Waals surface area (Å²) < 4.78 is 5.49. The zero-order valence-electron chi connectivity index (χ0n) is 8.67. The van der Waals surface area contributed by atoms with Gasteiger partial charge in [-0.2, -0.15) is 0 Å². The van der Waals surface area contributed by atoms with Crippen LogP contribution in [-0.2, 0) is 9.53 Å². The summed E-state index contributed by atoms with van der Waals surface area (Å²) in [5, 5.41) is 0. The average molecular weight is 182 g/mol. The van der Waals surface area contributed by atoms with Crippen LogP contribution in [0.5, 0.6) is 0 Å². The number of ether oxygens (including phenoxy) is 1. The lowest BCUT2D eigenvalue weighted by molar-refractivity contribution is -0.123. The molecule has 0 aromatic rings. The molecule has 0 N–H and O–H groups in total. The molecule has 2 rings (SSSR count). The first-order valence-corrected chi connectivity index (χ1v) is 5.25. The van der Waals surface area contributed by atoms with Crippen LogP contribution >= 0.6 is 0 Å². The Morgan fingerprint density at radius 2 is 2.23 bits per heavy atom. The maximum atomic E-state index is 11.6. The summed E-state index contributed by atoms with van der Waals surface area (Å²) in [4.78, 5) is 11.6. The van der Waals surface area contributed by atoms with Gasteiger partial charge >= 0.3 is 0 Å². The zero-order valence-corrected chi connectivity index (χ0v) is 8.67. The maximum Gasteiger partial charge on any atom is 0.167 e. The van der Waals surface area contributed by atoms with Gasteiger partial charge in [-0.25, -0.2) is 0 Å². The Bertz CT molecular complexity index is 234. The molecule has 1 saturated carbocycles. The van der Waals surface area contributed by atoms with Crippen LogP contribution < -0.4 is 0 Å². The highest BCUT2D eigenvalue weighted by molar-refractivity contribution is 5.90. The second-order valence-corrected chi connectivity index (χ2v) is 4.92. The van der Waals surface area contributed by atoms with E-state index in [9.17, 15) is 4.79 Å². The lowest BCUT2D eigenvalue weighted by Gasteiger charge is -2.17. The van der Waals surface area contributed by atoms with Crippen molar-refractivity contribution in [3.05, 3.63) is 0 Å². The summed E-state index contributed by atoms with van der Waals surface area (Å²) in [5.41, 5.74) is -0.385. The van der Waals surface area contributed by atoms with E-state index in [1.54, 1.807) is 0 Å². The molecule has 2 heteroatoms. The molecule has 74 valence electrons. The monoisotopic (exact) mass is 182 g/mol. The Hall–Kier alpha value is -0.370. The second-order valence-electron chi connectivity index (χ2n) is 4.92. The predicted octanol–water partition coefficient (Wildman–Crippen LogP) is 2.17. The Balaban J connectivity index is 2.07. The summed E-state index contributed by atoms with van der Waals surface area (Å²) in [6.45, 7) is 6.42. The van der Waals surface area contributed by atoms with Gasteiger partial charge < -0.3 is 4.74 Å². The average Bonchev–Trinajstić information content (AvgIpc) is 2.70. The minimum absolute atomic E-state index is 0.231. The van der Waals surface area contributed by atoms with Crippen molar-refractivity contribution in [1.29, 1.82) is 0 Å². The molecule has 2 fully saturated rings. The van der Waals surface area contributed by atoms with Crippen LogP contribution in [-0.4, -0.2) is 17.5 Å². The first kappa shape index (κ1) is 9.20. The summed E-state index contributed by atoms with van der Waals surface area (Å²) in [5.74, 6) is 1.68. The predicted molar refractivity (Wildman–Crippen MR) is 50.5 cm³/mol. The number of ketones is 1. The van der Waals surface area contributed by atoms with Crippen molar-refractivity contribution in [1.82, 2.24) is 0 Å². The number of Topliss-reactive ketones (excluding diaryl/α,β-unsaturated/α-hetero) is 1. The summed E-state index contributed by atoms with van der Waals surface area (Å²) in [6.07, 6.45) is 3.09. The van der Waals surface area contributed by atoms with E-state index in [0.717, 1.165) is 19.3 Å². The highest BCUT2D eigenvalue weighted by Gasteiger charge is 2.59. The molecule has 2 nitrogen and oxygen atoms in total. The summed E-state index contributed by atoms with van der Waals surface area (Å²) >= 11 is 0. The van der Waals surface area contributed by atoms with Gasteiger partial charge in [-0.1, -0.05) is 13.8 Å². The van der Waals surface area contributed by atoms with E-state index in [1.807, 2.05) is 6.92 Å². The van der Waals surface area contributed by atoms with Crippen LogP contribution in [0.2, 0.25) is 0 Å². The molecule has 0 bridgehead atoms. The summed E-state index contributed by atoms with van der Waals surface area (Å²) in [7, 11) is 0. The van der Waals surface area contributed by atoms with Crippen LogP contribution in [0, 0.1) is 11.8 Å².